The maximum absolute atomic E-state index is 13.1. The standard InChI is InChI=1S/C39H46N8O/c1-25(2)18-30(42-37(48)19-27-8-6-5-7-9-27)20-29(23-40)31(28-11-12-28)21-32-35(24-41)44-45-39(32)34-22-33-36(13-10-26(3)38(33)43-34)47-16-14-46(4)15-17-47/h5-10,13,18,20-24,43-44H,11-12,14-17,19,40-41H2,1-4H3,(H,42,48)/b29-23+,30-20+,32-21+,35-24+. The van der Waals surface area contributed by atoms with Gasteiger partial charge in [-0.3, -0.25) is 9.89 Å². The Morgan fingerprint density at radius 1 is 1.02 bits per heavy atom. The molecule has 2 fully saturated rings. The average molecular weight is 643 g/mol. The first kappa shape index (κ1) is 32.7. The third kappa shape index (κ3) is 7.31. The Kier molecular flexibility index (Phi) is 9.68. The molecule has 3 heterocycles. The number of hydrogen-bond donors (Lipinski definition) is 5. The summed E-state index contributed by atoms with van der Waals surface area (Å²) in [7, 11) is 2.18. The minimum absolute atomic E-state index is 0.0897. The van der Waals surface area contributed by atoms with Crippen molar-refractivity contribution in [2.24, 2.45) is 11.5 Å². The summed E-state index contributed by atoms with van der Waals surface area (Å²) in [5.41, 5.74) is 23.5. The number of nitrogens with one attached hydrogen (secondary N) is 3. The van der Waals surface area contributed by atoms with Gasteiger partial charge < -0.3 is 31.6 Å². The number of aryl methyl sites for hydroxylation is 1. The molecule has 6 rings (SSSR count). The Labute approximate surface area is 282 Å². The highest BCUT2D eigenvalue weighted by Crippen LogP contribution is 2.37. The molecular formula is C39H46N8O. The zero-order valence-corrected chi connectivity index (χ0v) is 28.4. The number of fused-ring (bicyclic) bond motifs is 1. The molecule has 2 aromatic heterocycles. The van der Waals surface area contributed by atoms with E-state index in [0.717, 1.165) is 88.8 Å². The SMILES string of the molecule is CC(C)=C/C(=C\C(=C/N)C(/C=c1/c(-c2cc3c(N4CCN(C)CC4)ccc(C)c3[nH]2)n[nH]/c1=C/N)=C1CC1)NC(=O)Cc1ccccc1. The number of hydrogen-bond acceptors (Lipinski definition) is 6. The van der Waals surface area contributed by atoms with Crippen molar-refractivity contribution >= 4 is 34.8 Å². The van der Waals surface area contributed by atoms with Gasteiger partial charge in [0.05, 0.1) is 23.0 Å². The highest BCUT2D eigenvalue weighted by atomic mass is 16.1. The van der Waals surface area contributed by atoms with Crippen LogP contribution in [0.3, 0.4) is 0 Å². The van der Waals surface area contributed by atoms with Crippen LogP contribution < -0.4 is 32.3 Å². The summed E-state index contributed by atoms with van der Waals surface area (Å²) in [6.45, 7) is 10.2. The summed E-state index contributed by atoms with van der Waals surface area (Å²) in [6.07, 6.45) is 11.4. The van der Waals surface area contributed by atoms with Crippen LogP contribution in [0.4, 0.5) is 5.69 Å². The molecular weight excluding hydrogens is 596 g/mol. The molecule has 1 saturated heterocycles. The van der Waals surface area contributed by atoms with Gasteiger partial charge in [-0.15, -0.1) is 0 Å². The number of benzene rings is 2. The van der Waals surface area contributed by atoms with Crippen LogP contribution >= 0.6 is 0 Å². The molecule has 48 heavy (non-hydrogen) atoms. The first-order valence-corrected chi connectivity index (χ1v) is 16.6. The van der Waals surface area contributed by atoms with Gasteiger partial charge in [0.25, 0.3) is 0 Å². The van der Waals surface area contributed by atoms with Crippen molar-refractivity contribution in [3.8, 4) is 11.4 Å². The maximum Gasteiger partial charge on any atom is 0.228 e. The van der Waals surface area contributed by atoms with E-state index in [9.17, 15) is 4.79 Å². The number of nitrogens with zero attached hydrogens (tertiary/aromatic N) is 3. The average Bonchev–Trinajstić information content (AvgIpc) is 3.67. The lowest BCUT2D eigenvalue weighted by molar-refractivity contribution is -0.119. The molecule has 9 heteroatoms. The quantitative estimate of drug-likeness (QED) is 0.174. The molecule has 2 aromatic carbocycles. The number of amides is 1. The third-order valence-corrected chi connectivity index (χ3v) is 8.98. The smallest absolute Gasteiger partial charge is 0.228 e. The normalized spacial score (nSPS) is 16.5. The molecule has 1 aliphatic carbocycles. The fraction of sp³-hybridized carbons (Fsp3) is 0.282. The van der Waals surface area contributed by atoms with E-state index >= 15 is 0 Å². The predicted molar refractivity (Wildman–Crippen MR) is 197 cm³/mol. The Morgan fingerprint density at radius 3 is 2.44 bits per heavy atom. The van der Waals surface area contributed by atoms with E-state index < -0.39 is 0 Å². The Bertz CT molecular complexity index is 2060. The van der Waals surface area contributed by atoms with E-state index in [1.165, 1.54) is 22.2 Å². The van der Waals surface area contributed by atoms with Crippen molar-refractivity contribution in [2.75, 3.05) is 38.1 Å². The summed E-state index contributed by atoms with van der Waals surface area (Å²) < 4.78 is 0. The molecule has 9 nitrogen and oxygen atoms in total. The van der Waals surface area contributed by atoms with Crippen molar-refractivity contribution in [1.82, 2.24) is 25.4 Å². The van der Waals surface area contributed by atoms with Gasteiger partial charge in [0.15, 0.2) is 0 Å². The monoisotopic (exact) mass is 642 g/mol. The highest BCUT2D eigenvalue weighted by molar-refractivity contribution is 5.98. The Morgan fingerprint density at radius 2 is 1.77 bits per heavy atom. The molecule has 0 atom stereocenters. The molecule has 1 aliphatic heterocycles. The van der Waals surface area contributed by atoms with Crippen molar-refractivity contribution in [3.63, 3.8) is 0 Å². The summed E-state index contributed by atoms with van der Waals surface area (Å²) in [6, 6.07) is 16.4. The number of H-pyrrole nitrogens is 2. The molecule has 7 N–H and O–H groups in total. The van der Waals surface area contributed by atoms with E-state index in [0.29, 0.717) is 5.70 Å². The summed E-state index contributed by atoms with van der Waals surface area (Å²) in [4.78, 5) is 21.6. The molecule has 0 radical (unpaired) electrons. The minimum atomic E-state index is -0.0897. The largest absolute Gasteiger partial charge is 0.404 e. The van der Waals surface area contributed by atoms with Crippen LogP contribution in [0.1, 0.15) is 37.8 Å². The topological polar surface area (TPSA) is 132 Å². The van der Waals surface area contributed by atoms with Crippen LogP contribution in [0.5, 0.6) is 0 Å². The van der Waals surface area contributed by atoms with Crippen LogP contribution in [0.2, 0.25) is 0 Å². The Hall–Kier alpha value is -5.28. The fourth-order valence-corrected chi connectivity index (χ4v) is 6.30. The number of anilines is 1. The van der Waals surface area contributed by atoms with Gasteiger partial charge in [-0.05, 0) is 93.3 Å². The predicted octanol–water partition coefficient (Wildman–Crippen LogP) is 4.24. The maximum atomic E-state index is 13.1. The second-order valence-electron chi connectivity index (χ2n) is 13.0. The summed E-state index contributed by atoms with van der Waals surface area (Å²) >= 11 is 0. The molecule has 1 saturated carbocycles. The van der Waals surface area contributed by atoms with Gasteiger partial charge in [0.2, 0.25) is 5.91 Å². The van der Waals surface area contributed by atoms with Crippen LogP contribution in [0.15, 0.2) is 94.9 Å². The highest BCUT2D eigenvalue weighted by Gasteiger charge is 2.22. The van der Waals surface area contributed by atoms with Crippen molar-refractivity contribution in [1.29, 1.82) is 0 Å². The number of aromatic nitrogens is 3. The number of carbonyl (C=O) groups excluding carboxylic acids is 1. The van der Waals surface area contributed by atoms with E-state index in [2.05, 4.69) is 63.4 Å². The zero-order valence-electron chi connectivity index (χ0n) is 28.4. The van der Waals surface area contributed by atoms with Gasteiger partial charge in [-0.1, -0.05) is 47.5 Å². The summed E-state index contributed by atoms with van der Waals surface area (Å²) in [5.74, 6) is -0.0897. The molecule has 4 aromatic rings. The molecule has 248 valence electrons. The second kappa shape index (κ2) is 14.2. The zero-order chi connectivity index (χ0) is 33.8. The first-order valence-electron chi connectivity index (χ1n) is 16.6. The van der Waals surface area contributed by atoms with E-state index in [1.807, 2.05) is 56.3 Å². The van der Waals surface area contributed by atoms with Crippen molar-refractivity contribution in [2.45, 2.75) is 40.0 Å². The molecule has 1 amide bonds. The number of nitrogens with two attached hydrogens (primary N) is 2. The third-order valence-electron chi connectivity index (χ3n) is 8.98. The van der Waals surface area contributed by atoms with Crippen LogP contribution in [-0.4, -0.2) is 59.2 Å². The number of allylic oxidation sites excluding steroid dienone is 6. The van der Waals surface area contributed by atoms with Crippen LogP contribution in [-0.2, 0) is 11.2 Å². The second-order valence-corrected chi connectivity index (χ2v) is 13.0. The number of carbonyl (C=O) groups is 1. The van der Waals surface area contributed by atoms with Crippen LogP contribution in [0, 0.1) is 6.92 Å². The lowest BCUT2D eigenvalue weighted by Crippen LogP contribution is -2.44. The lowest BCUT2D eigenvalue weighted by atomic mass is 10.0. The number of aromatic amines is 2. The van der Waals surface area contributed by atoms with Crippen molar-refractivity contribution < 1.29 is 4.79 Å². The van der Waals surface area contributed by atoms with Gasteiger partial charge in [0.1, 0.15) is 5.69 Å². The summed E-state index contributed by atoms with van der Waals surface area (Å²) in [5, 5.41) is 13.8. The molecule has 0 spiro atoms. The minimum Gasteiger partial charge on any atom is -0.404 e. The van der Waals surface area contributed by atoms with E-state index in [1.54, 1.807) is 12.4 Å². The fourth-order valence-electron chi connectivity index (χ4n) is 6.30. The van der Waals surface area contributed by atoms with Crippen LogP contribution in [0.25, 0.3) is 34.6 Å². The van der Waals surface area contributed by atoms with E-state index in [-0.39, 0.29) is 12.3 Å². The first-order chi connectivity index (χ1) is 23.2. The van der Waals surface area contributed by atoms with Gasteiger partial charge in [0, 0.05) is 60.6 Å². The molecule has 0 unspecified atom stereocenters. The Balaban J connectivity index is 1.39. The van der Waals surface area contributed by atoms with Gasteiger partial charge in [-0.2, -0.15) is 5.10 Å². The number of piperazine rings is 1. The molecule has 0 bridgehead atoms. The lowest BCUT2D eigenvalue weighted by Gasteiger charge is -2.34. The number of rotatable bonds is 9. The van der Waals surface area contributed by atoms with Gasteiger partial charge >= 0.3 is 0 Å². The molecule has 2 aliphatic rings. The number of likely N-dealkylation sites (N-methyl/N-ethyl adjacent to an activating group) is 1. The van der Waals surface area contributed by atoms with Crippen molar-refractivity contribution in [3.05, 3.63) is 117 Å². The van der Waals surface area contributed by atoms with Gasteiger partial charge in [-0.25, -0.2) is 0 Å². The van der Waals surface area contributed by atoms with E-state index in [4.69, 9.17) is 16.6 Å².